The van der Waals surface area contributed by atoms with Gasteiger partial charge in [0.25, 0.3) is 0 Å². The van der Waals surface area contributed by atoms with Gasteiger partial charge in [-0.15, -0.1) is 11.3 Å². The lowest BCUT2D eigenvalue weighted by Gasteiger charge is -2.32. The zero-order valence-corrected chi connectivity index (χ0v) is 19.2. The van der Waals surface area contributed by atoms with Crippen molar-refractivity contribution in [2.75, 3.05) is 6.61 Å². The number of benzene rings is 1. The second-order valence-corrected chi connectivity index (χ2v) is 10.7. The van der Waals surface area contributed by atoms with E-state index in [0.29, 0.717) is 0 Å². The fourth-order valence-electron chi connectivity index (χ4n) is 4.24. The molecule has 1 unspecified atom stereocenters. The Kier molecular flexibility index (Phi) is 4.86. The van der Waals surface area contributed by atoms with Gasteiger partial charge in [0.05, 0.1) is 17.4 Å². The Bertz CT molecular complexity index is 1070. The summed E-state index contributed by atoms with van der Waals surface area (Å²) in [5.74, 6) is 0. The van der Waals surface area contributed by atoms with Crippen molar-refractivity contribution >= 4 is 34.0 Å². The molecule has 0 bridgehead atoms. The summed E-state index contributed by atoms with van der Waals surface area (Å²) in [4.78, 5) is 1.28. The molecule has 2 fully saturated rings. The third-order valence-corrected chi connectivity index (χ3v) is 7.81. The van der Waals surface area contributed by atoms with E-state index in [9.17, 15) is 0 Å². The van der Waals surface area contributed by atoms with E-state index in [4.69, 9.17) is 14.0 Å². The van der Waals surface area contributed by atoms with Gasteiger partial charge in [-0.25, -0.2) is 4.68 Å². The molecule has 0 amide bonds. The molecule has 0 saturated carbocycles. The number of aromatic nitrogens is 2. The Morgan fingerprint density at radius 2 is 1.90 bits per heavy atom. The SMILES string of the molecule is Cc1cc2c(-c3cnn(C4CCCCO4)c3)ccc(B3OC(C)(C)C(C)(C)O3)c2s1. The summed E-state index contributed by atoms with van der Waals surface area (Å²) in [6.07, 6.45) is 7.47. The first-order valence-corrected chi connectivity index (χ1v) is 11.6. The third-order valence-electron chi connectivity index (χ3n) is 6.71. The molecule has 2 aliphatic heterocycles. The fourth-order valence-corrected chi connectivity index (χ4v) is 5.30. The van der Waals surface area contributed by atoms with Crippen LogP contribution >= 0.6 is 11.3 Å². The smallest absolute Gasteiger partial charge is 0.399 e. The molecular formula is C23H29BN2O3S. The molecule has 2 aromatic heterocycles. The van der Waals surface area contributed by atoms with Crippen LogP contribution in [0, 0.1) is 6.92 Å². The van der Waals surface area contributed by atoms with E-state index < -0.39 is 0 Å². The molecular weight excluding hydrogens is 395 g/mol. The molecule has 30 heavy (non-hydrogen) atoms. The van der Waals surface area contributed by atoms with Gasteiger partial charge in [-0.3, -0.25) is 0 Å². The van der Waals surface area contributed by atoms with Gasteiger partial charge < -0.3 is 14.0 Å². The van der Waals surface area contributed by atoms with E-state index in [0.717, 1.165) is 30.5 Å². The number of fused-ring (bicyclic) bond motifs is 1. The monoisotopic (exact) mass is 424 g/mol. The van der Waals surface area contributed by atoms with Crippen molar-refractivity contribution in [3.8, 4) is 11.1 Å². The van der Waals surface area contributed by atoms with Gasteiger partial charge in [0.15, 0.2) is 0 Å². The molecule has 0 aliphatic carbocycles. The molecule has 5 nitrogen and oxygen atoms in total. The Labute approximate surface area is 182 Å². The molecule has 7 heteroatoms. The van der Waals surface area contributed by atoms with Crippen molar-refractivity contribution in [1.82, 2.24) is 9.78 Å². The van der Waals surface area contributed by atoms with E-state index in [1.807, 2.05) is 10.9 Å². The number of nitrogens with zero attached hydrogens (tertiary/aromatic N) is 2. The molecule has 1 atom stereocenters. The number of ether oxygens (including phenoxy) is 1. The number of aryl methyl sites for hydroxylation is 1. The van der Waals surface area contributed by atoms with Crippen LogP contribution in [0.25, 0.3) is 21.2 Å². The average molecular weight is 424 g/mol. The highest BCUT2D eigenvalue weighted by Crippen LogP contribution is 2.39. The van der Waals surface area contributed by atoms with Crippen molar-refractivity contribution in [2.24, 2.45) is 0 Å². The van der Waals surface area contributed by atoms with Gasteiger partial charge in [0.2, 0.25) is 0 Å². The van der Waals surface area contributed by atoms with Gasteiger partial charge >= 0.3 is 7.12 Å². The molecule has 0 N–H and O–H groups in total. The van der Waals surface area contributed by atoms with Crippen molar-refractivity contribution in [2.45, 2.75) is 71.3 Å². The van der Waals surface area contributed by atoms with Gasteiger partial charge in [0, 0.05) is 38.8 Å². The number of thiophene rings is 1. The van der Waals surface area contributed by atoms with Crippen LogP contribution in [-0.2, 0) is 14.0 Å². The average Bonchev–Trinajstić information content (AvgIpc) is 3.37. The molecule has 0 radical (unpaired) electrons. The number of hydrogen-bond donors (Lipinski definition) is 0. The van der Waals surface area contributed by atoms with Crippen LogP contribution in [0.5, 0.6) is 0 Å². The molecule has 1 aromatic carbocycles. The normalized spacial score (nSPS) is 23.4. The maximum absolute atomic E-state index is 6.35. The van der Waals surface area contributed by atoms with Crippen LogP contribution < -0.4 is 5.46 Å². The Morgan fingerprint density at radius 3 is 2.60 bits per heavy atom. The van der Waals surface area contributed by atoms with E-state index in [-0.39, 0.29) is 24.5 Å². The second kappa shape index (κ2) is 7.19. The maximum atomic E-state index is 6.35. The highest BCUT2D eigenvalue weighted by atomic mass is 32.1. The highest BCUT2D eigenvalue weighted by Gasteiger charge is 2.52. The van der Waals surface area contributed by atoms with Gasteiger partial charge in [-0.1, -0.05) is 12.1 Å². The summed E-state index contributed by atoms with van der Waals surface area (Å²) in [6.45, 7) is 11.4. The zero-order valence-electron chi connectivity index (χ0n) is 18.4. The third kappa shape index (κ3) is 3.32. The van der Waals surface area contributed by atoms with Crippen LogP contribution in [-0.4, -0.2) is 34.7 Å². The summed E-state index contributed by atoms with van der Waals surface area (Å²) in [5.41, 5.74) is 2.71. The quantitative estimate of drug-likeness (QED) is 0.551. The summed E-state index contributed by atoms with van der Waals surface area (Å²) in [7, 11) is -0.358. The molecule has 158 valence electrons. The lowest BCUT2D eigenvalue weighted by Crippen LogP contribution is -2.41. The van der Waals surface area contributed by atoms with E-state index >= 15 is 0 Å². The van der Waals surface area contributed by atoms with Crippen LogP contribution in [0.2, 0.25) is 0 Å². The Morgan fingerprint density at radius 1 is 1.13 bits per heavy atom. The molecule has 4 heterocycles. The van der Waals surface area contributed by atoms with Crippen molar-refractivity contribution in [1.29, 1.82) is 0 Å². The summed E-state index contributed by atoms with van der Waals surface area (Å²) in [5, 5.41) is 5.84. The predicted molar refractivity (Wildman–Crippen MR) is 122 cm³/mol. The summed E-state index contributed by atoms with van der Waals surface area (Å²) < 4.78 is 21.8. The van der Waals surface area contributed by atoms with Crippen molar-refractivity contribution < 1.29 is 14.0 Å². The van der Waals surface area contributed by atoms with Crippen molar-refractivity contribution in [3.05, 3.63) is 35.5 Å². The molecule has 2 aliphatic rings. The lowest BCUT2D eigenvalue weighted by molar-refractivity contribution is -0.0394. The van der Waals surface area contributed by atoms with Crippen LogP contribution in [0.15, 0.2) is 30.6 Å². The topological polar surface area (TPSA) is 45.5 Å². The summed E-state index contributed by atoms with van der Waals surface area (Å²) in [6, 6.07) is 6.60. The van der Waals surface area contributed by atoms with E-state index in [2.05, 4.69) is 64.1 Å². The first-order valence-electron chi connectivity index (χ1n) is 10.8. The molecule has 0 spiro atoms. The number of hydrogen-bond acceptors (Lipinski definition) is 5. The van der Waals surface area contributed by atoms with Gasteiger partial charge in [-0.2, -0.15) is 5.10 Å². The minimum atomic E-state index is -0.358. The predicted octanol–water partition coefficient (Wildman–Crippen LogP) is 5.07. The van der Waals surface area contributed by atoms with E-state index in [1.165, 1.54) is 26.9 Å². The zero-order chi connectivity index (χ0) is 21.1. The van der Waals surface area contributed by atoms with E-state index in [1.54, 1.807) is 11.3 Å². The lowest BCUT2D eigenvalue weighted by atomic mass is 9.77. The fraction of sp³-hybridized carbons (Fsp3) is 0.522. The first kappa shape index (κ1) is 20.2. The largest absolute Gasteiger partial charge is 0.496 e. The van der Waals surface area contributed by atoms with Crippen LogP contribution in [0.3, 0.4) is 0 Å². The molecule has 5 rings (SSSR count). The molecule has 3 aromatic rings. The minimum absolute atomic E-state index is 0.0521. The Balaban J connectivity index is 1.53. The van der Waals surface area contributed by atoms with Crippen LogP contribution in [0.1, 0.15) is 58.1 Å². The second-order valence-electron chi connectivity index (χ2n) is 9.42. The number of rotatable bonds is 3. The molecule has 2 saturated heterocycles. The highest BCUT2D eigenvalue weighted by molar-refractivity contribution is 7.20. The standard InChI is InChI=1S/C23H29BN2O3S/c1-15-12-18-17(16-13-25-26(14-16)20-8-6-7-11-27-20)9-10-19(21(18)30-15)24-28-22(2,3)23(4,5)29-24/h9-10,12-14,20H,6-8,11H2,1-5H3. The summed E-state index contributed by atoms with van der Waals surface area (Å²) >= 11 is 1.80. The Hall–Kier alpha value is -1.67. The first-order chi connectivity index (χ1) is 14.2. The maximum Gasteiger partial charge on any atom is 0.496 e. The minimum Gasteiger partial charge on any atom is -0.399 e. The van der Waals surface area contributed by atoms with Gasteiger partial charge in [-0.05, 0) is 65.5 Å². The van der Waals surface area contributed by atoms with Crippen molar-refractivity contribution in [3.63, 3.8) is 0 Å². The van der Waals surface area contributed by atoms with Gasteiger partial charge in [0.1, 0.15) is 6.23 Å². The van der Waals surface area contributed by atoms with Crippen LogP contribution in [0.4, 0.5) is 0 Å².